The molecule has 0 aliphatic heterocycles. The molecule has 0 heterocycles. The molecule has 2 N–H and O–H groups in total. The van der Waals surface area contributed by atoms with Gasteiger partial charge in [-0.05, 0) is 33.7 Å². The Kier molecular flexibility index (Phi) is 6.38. The summed E-state index contributed by atoms with van der Waals surface area (Å²) in [5, 5.41) is 0. The molecule has 0 bridgehead atoms. The first kappa shape index (κ1) is 13.9. The summed E-state index contributed by atoms with van der Waals surface area (Å²) in [5.74, 6) is 0. The van der Waals surface area contributed by atoms with Crippen molar-refractivity contribution in [2.75, 3.05) is 13.6 Å². The van der Waals surface area contributed by atoms with E-state index >= 15 is 0 Å². The summed E-state index contributed by atoms with van der Waals surface area (Å²) in [6.07, 6.45) is 4.86. The van der Waals surface area contributed by atoms with Crippen molar-refractivity contribution in [2.24, 2.45) is 5.73 Å². The third-order valence-corrected chi connectivity index (χ3v) is 3.33. The minimum atomic E-state index is 0.234. The summed E-state index contributed by atoms with van der Waals surface area (Å²) in [6, 6.07) is 0.580. The molecule has 86 valence electrons. The van der Waals surface area contributed by atoms with Crippen LogP contribution in [-0.4, -0.2) is 30.1 Å². The average Bonchev–Trinajstić information content (AvgIpc) is 2.16. The Labute approximate surface area is 89.9 Å². The van der Waals surface area contributed by atoms with Crippen molar-refractivity contribution in [2.45, 2.75) is 65.0 Å². The summed E-state index contributed by atoms with van der Waals surface area (Å²) in [5.41, 5.74) is 6.21. The fraction of sp³-hybridized carbons (Fsp3) is 1.00. The third kappa shape index (κ3) is 3.25. The van der Waals surface area contributed by atoms with Crippen molar-refractivity contribution in [3.05, 3.63) is 0 Å². The standard InChI is InChI=1S/C12H28N2/c1-6-8-12(10-13,9-7-2)14(5)11(3)4/h11H,6-10,13H2,1-5H3. The highest BCUT2D eigenvalue weighted by atomic mass is 15.2. The van der Waals surface area contributed by atoms with Crippen LogP contribution in [-0.2, 0) is 0 Å². The molecule has 2 heteroatoms. The highest BCUT2D eigenvalue weighted by Gasteiger charge is 2.32. The van der Waals surface area contributed by atoms with Crippen molar-refractivity contribution in [3.63, 3.8) is 0 Å². The molecule has 0 aliphatic carbocycles. The van der Waals surface area contributed by atoms with Crippen LogP contribution in [0.5, 0.6) is 0 Å². The van der Waals surface area contributed by atoms with Gasteiger partial charge in [0.15, 0.2) is 0 Å². The van der Waals surface area contributed by atoms with E-state index in [0.717, 1.165) is 6.54 Å². The summed E-state index contributed by atoms with van der Waals surface area (Å²) < 4.78 is 0. The van der Waals surface area contributed by atoms with Gasteiger partial charge in [0.2, 0.25) is 0 Å². The summed E-state index contributed by atoms with van der Waals surface area (Å²) in [4.78, 5) is 2.46. The normalized spacial score (nSPS) is 12.9. The van der Waals surface area contributed by atoms with Gasteiger partial charge in [-0.25, -0.2) is 0 Å². The lowest BCUT2D eigenvalue weighted by Gasteiger charge is -2.44. The first-order valence-electron chi connectivity index (χ1n) is 5.97. The lowest BCUT2D eigenvalue weighted by atomic mass is 9.86. The Hall–Kier alpha value is -0.0800. The van der Waals surface area contributed by atoms with Crippen LogP contribution in [0.25, 0.3) is 0 Å². The maximum absolute atomic E-state index is 5.98. The van der Waals surface area contributed by atoms with Gasteiger partial charge in [-0.3, -0.25) is 4.90 Å². The monoisotopic (exact) mass is 200 g/mol. The van der Waals surface area contributed by atoms with E-state index in [2.05, 4.69) is 39.6 Å². The number of nitrogens with two attached hydrogens (primary N) is 1. The smallest absolute Gasteiger partial charge is 0.0331 e. The fourth-order valence-corrected chi connectivity index (χ4v) is 2.30. The van der Waals surface area contributed by atoms with Gasteiger partial charge < -0.3 is 5.73 Å². The Bertz CT molecular complexity index is 137. The molecule has 0 rings (SSSR count). The van der Waals surface area contributed by atoms with E-state index in [0.29, 0.717) is 6.04 Å². The zero-order chi connectivity index (χ0) is 11.2. The number of likely N-dealkylation sites (N-methyl/N-ethyl adjacent to an activating group) is 1. The van der Waals surface area contributed by atoms with E-state index in [1.807, 2.05) is 0 Å². The van der Waals surface area contributed by atoms with Crippen LogP contribution in [0.2, 0.25) is 0 Å². The molecule has 14 heavy (non-hydrogen) atoms. The van der Waals surface area contributed by atoms with Crippen LogP contribution < -0.4 is 5.73 Å². The van der Waals surface area contributed by atoms with Crippen LogP contribution in [0.4, 0.5) is 0 Å². The molecule has 0 aromatic carbocycles. The zero-order valence-electron chi connectivity index (χ0n) is 10.6. The molecule has 0 atom stereocenters. The fourth-order valence-electron chi connectivity index (χ4n) is 2.30. The number of nitrogens with zero attached hydrogens (tertiary/aromatic N) is 1. The molecule has 0 unspecified atom stereocenters. The van der Waals surface area contributed by atoms with Gasteiger partial charge >= 0.3 is 0 Å². The van der Waals surface area contributed by atoms with Crippen LogP contribution in [0.15, 0.2) is 0 Å². The Morgan fingerprint density at radius 3 is 1.79 bits per heavy atom. The molecule has 0 aromatic heterocycles. The van der Waals surface area contributed by atoms with Gasteiger partial charge in [-0.2, -0.15) is 0 Å². The van der Waals surface area contributed by atoms with Crippen LogP contribution in [0, 0.1) is 0 Å². The second kappa shape index (κ2) is 6.41. The quantitative estimate of drug-likeness (QED) is 0.684. The molecule has 2 nitrogen and oxygen atoms in total. The van der Waals surface area contributed by atoms with Gasteiger partial charge in [0.05, 0.1) is 0 Å². The number of hydrogen-bond acceptors (Lipinski definition) is 2. The van der Waals surface area contributed by atoms with Gasteiger partial charge in [-0.1, -0.05) is 26.7 Å². The Balaban J connectivity index is 4.62. The topological polar surface area (TPSA) is 29.3 Å². The van der Waals surface area contributed by atoms with Gasteiger partial charge in [0.1, 0.15) is 0 Å². The second-order valence-corrected chi connectivity index (χ2v) is 4.63. The van der Waals surface area contributed by atoms with Gasteiger partial charge in [0.25, 0.3) is 0 Å². The van der Waals surface area contributed by atoms with Crippen molar-refractivity contribution >= 4 is 0 Å². The predicted octanol–water partition coefficient (Wildman–Crippen LogP) is 2.62. The highest BCUT2D eigenvalue weighted by molar-refractivity contribution is 4.90. The Morgan fingerprint density at radius 1 is 1.14 bits per heavy atom. The lowest BCUT2D eigenvalue weighted by molar-refractivity contribution is 0.0732. The number of hydrogen-bond donors (Lipinski definition) is 1. The lowest BCUT2D eigenvalue weighted by Crippen LogP contribution is -2.54. The van der Waals surface area contributed by atoms with Gasteiger partial charge in [-0.15, -0.1) is 0 Å². The maximum atomic E-state index is 5.98. The largest absolute Gasteiger partial charge is 0.329 e. The first-order chi connectivity index (χ1) is 6.54. The van der Waals surface area contributed by atoms with Crippen molar-refractivity contribution in [3.8, 4) is 0 Å². The number of rotatable bonds is 7. The molecular weight excluding hydrogens is 172 g/mol. The predicted molar refractivity (Wildman–Crippen MR) is 64.5 cm³/mol. The van der Waals surface area contributed by atoms with E-state index in [1.54, 1.807) is 0 Å². The van der Waals surface area contributed by atoms with Crippen LogP contribution in [0.1, 0.15) is 53.4 Å². The molecule has 0 saturated heterocycles. The maximum Gasteiger partial charge on any atom is 0.0331 e. The molecule has 0 aliphatic rings. The summed E-state index contributed by atoms with van der Waals surface area (Å²) >= 11 is 0. The highest BCUT2D eigenvalue weighted by Crippen LogP contribution is 2.26. The minimum Gasteiger partial charge on any atom is -0.329 e. The molecule has 0 aromatic rings. The van der Waals surface area contributed by atoms with Crippen LogP contribution >= 0.6 is 0 Å². The van der Waals surface area contributed by atoms with E-state index in [9.17, 15) is 0 Å². The molecule has 0 fully saturated rings. The second-order valence-electron chi connectivity index (χ2n) is 4.63. The molecule has 0 saturated carbocycles. The summed E-state index contributed by atoms with van der Waals surface area (Å²) in [7, 11) is 2.21. The van der Waals surface area contributed by atoms with E-state index in [1.165, 1.54) is 25.7 Å². The Morgan fingerprint density at radius 2 is 1.57 bits per heavy atom. The molecule has 0 spiro atoms. The van der Waals surface area contributed by atoms with E-state index < -0.39 is 0 Å². The SMILES string of the molecule is CCCC(CN)(CCC)N(C)C(C)C. The third-order valence-electron chi connectivity index (χ3n) is 3.33. The van der Waals surface area contributed by atoms with Crippen molar-refractivity contribution < 1.29 is 0 Å². The van der Waals surface area contributed by atoms with Gasteiger partial charge in [0, 0.05) is 18.1 Å². The summed E-state index contributed by atoms with van der Waals surface area (Å²) in [6.45, 7) is 9.76. The van der Waals surface area contributed by atoms with E-state index in [4.69, 9.17) is 5.73 Å². The van der Waals surface area contributed by atoms with Crippen molar-refractivity contribution in [1.29, 1.82) is 0 Å². The van der Waals surface area contributed by atoms with Crippen molar-refractivity contribution in [1.82, 2.24) is 4.90 Å². The average molecular weight is 200 g/mol. The first-order valence-corrected chi connectivity index (χ1v) is 5.97. The van der Waals surface area contributed by atoms with Crippen LogP contribution in [0.3, 0.4) is 0 Å². The molecular formula is C12H28N2. The molecule has 0 radical (unpaired) electrons. The molecule has 0 amide bonds. The minimum absolute atomic E-state index is 0.234. The van der Waals surface area contributed by atoms with E-state index in [-0.39, 0.29) is 5.54 Å². The zero-order valence-corrected chi connectivity index (χ0v) is 10.6.